The van der Waals surface area contributed by atoms with E-state index in [4.69, 9.17) is 18.7 Å². The monoisotopic (exact) mass is 399 g/mol. The Labute approximate surface area is 154 Å². The van der Waals surface area contributed by atoms with Gasteiger partial charge in [0.05, 0.1) is 47.6 Å². The molecule has 0 bridgehead atoms. The molecule has 0 saturated heterocycles. The standard InChI is InChI=1S/C15H31N2O8P/c1-14(18)11-23-10-9-22-7-5-16-15(19)12-25-26(20,21)13-24-8-6-17(2,3)4/h5-13H2,1-4H3,(H-,16,19,20,21)/p+1. The number of ether oxygens (including phenoxy) is 3. The average molecular weight is 399 g/mol. The summed E-state index contributed by atoms with van der Waals surface area (Å²) in [5.74, 6) is -0.584. The molecular weight excluding hydrogens is 367 g/mol. The van der Waals surface area contributed by atoms with E-state index in [9.17, 15) is 19.0 Å². The van der Waals surface area contributed by atoms with Crippen LogP contribution in [0.3, 0.4) is 0 Å². The van der Waals surface area contributed by atoms with Crippen LogP contribution in [0.5, 0.6) is 0 Å². The highest BCUT2D eigenvalue weighted by Gasteiger charge is 2.21. The Morgan fingerprint density at radius 2 is 1.65 bits per heavy atom. The highest BCUT2D eigenvalue weighted by molar-refractivity contribution is 7.52. The number of nitrogens with zero attached hydrogens (tertiary/aromatic N) is 1. The van der Waals surface area contributed by atoms with Crippen LogP contribution in [0.1, 0.15) is 6.92 Å². The molecule has 154 valence electrons. The molecule has 0 rings (SSSR count). The third-order valence-electron chi connectivity index (χ3n) is 2.80. The molecule has 0 radical (unpaired) electrons. The van der Waals surface area contributed by atoms with Crippen LogP contribution in [-0.4, -0.2) is 101 Å². The summed E-state index contributed by atoms with van der Waals surface area (Å²) in [6.07, 6.45) is -0.455. The maximum Gasteiger partial charge on any atom is 0.354 e. The third-order valence-corrected chi connectivity index (χ3v) is 3.85. The van der Waals surface area contributed by atoms with E-state index in [1.807, 2.05) is 21.1 Å². The second-order valence-corrected chi connectivity index (χ2v) is 8.47. The number of carbonyl (C=O) groups is 2. The van der Waals surface area contributed by atoms with E-state index in [-0.39, 0.29) is 25.5 Å². The smallest absolute Gasteiger partial charge is 0.354 e. The summed E-state index contributed by atoms with van der Waals surface area (Å²) in [7, 11) is 1.97. The van der Waals surface area contributed by atoms with Gasteiger partial charge in [0.2, 0.25) is 5.91 Å². The summed E-state index contributed by atoms with van der Waals surface area (Å²) < 4.78 is 32.4. The topological polar surface area (TPSA) is 120 Å². The maximum absolute atomic E-state index is 11.7. The number of hydrogen-bond acceptors (Lipinski definition) is 7. The zero-order valence-corrected chi connectivity index (χ0v) is 17.0. The predicted octanol–water partition coefficient (Wildman–Crippen LogP) is -0.393. The first-order chi connectivity index (χ1) is 12.0. The van der Waals surface area contributed by atoms with E-state index in [0.29, 0.717) is 30.8 Å². The van der Waals surface area contributed by atoms with E-state index in [0.717, 1.165) is 0 Å². The first-order valence-electron chi connectivity index (χ1n) is 8.28. The number of likely N-dealkylation sites (N-methyl/N-ethyl adjacent to an activating group) is 1. The molecule has 1 amide bonds. The molecule has 0 aliphatic heterocycles. The van der Waals surface area contributed by atoms with Gasteiger partial charge >= 0.3 is 7.60 Å². The van der Waals surface area contributed by atoms with E-state index in [1.54, 1.807) is 0 Å². The Morgan fingerprint density at radius 1 is 1.00 bits per heavy atom. The lowest BCUT2D eigenvalue weighted by atomic mass is 10.5. The minimum atomic E-state index is -3.96. The van der Waals surface area contributed by atoms with Crippen molar-refractivity contribution in [1.82, 2.24) is 5.32 Å². The summed E-state index contributed by atoms with van der Waals surface area (Å²) in [5.41, 5.74) is 0. The molecule has 11 heteroatoms. The summed E-state index contributed by atoms with van der Waals surface area (Å²) >= 11 is 0. The van der Waals surface area contributed by atoms with Crippen LogP contribution >= 0.6 is 7.60 Å². The minimum Gasteiger partial charge on any atom is -0.377 e. The number of Topliss-reactive ketones (excluding diaryl/α,β-unsaturated/α-hetero) is 1. The number of quaternary nitrogens is 1. The van der Waals surface area contributed by atoms with Crippen molar-refractivity contribution in [2.24, 2.45) is 0 Å². The van der Waals surface area contributed by atoms with Gasteiger partial charge in [0, 0.05) is 6.54 Å². The molecular formula is C15H32N2O8P+. The fourth-order valence-electron chi connectivity index (χ4n) is 1.46. The highest BCUT2D eigenvalue weighted by Crippen LogP contribution is 2.41. The van der Waals surface area contributed by atoms with Crippen molar-refractivity contribution in [3.8, 4) is 0 Å². The molecule has 0 aliphatic rings. The lowest BCUT2D eigenvalue weighted by molar-refractivity contribution is -0.870. The van der Waals surface area contributed by atoms with Crippen LogP contribution in [0, 0.1) is 0 Å². The van der Waals surface area contributed by atoms with Crippen molar-refractivity contribution in [1.29, 1.82) is 0 Å². The molecule has 1 unspecified atom stereocenters. The van der Waals surface area contributed by atoms with Crippen molar-refractivity contribution in [3.05, 3.63) is 0 Å². The molecule has 0 aromatic carbocycles. The van der Waals surface area contributed by atoms with Gasteiger partial charge in [-0.2, -0.15) is 0 Å². The minimum absolute atomic E-state index is 0.0533. The van der Waals surface area contributed by atoms with Crippen LogP contribution < -0.4 is 5.32 Å². The van der Waals surface area contributed by atoms with Crippen molar-refractivity contribution >= 4 is 19.3 Å². The zero-order valence-electron chi connectivity index (χ0n) is 16.1. The van der Waals surface area contributed by atoms with E-state index in [2.05, 4.69) is 5.32 Å². The van der Waals surface area contributed by atoms with Gasteiger partial charge in [-0.3, -0.25) is 18.7 Å². The molecule has 0 saturated carbocycles. The van der Waals surface area contributed by atoms with Crippen LogP contribution in [0.4, 0.5) is 0 Å². The molecule has 0 aliphatic carbocycles. The summed E-state index contributed by atoms with van der Waals surface area (Å²) in [6, 6.07) is 0. The SMILES string of the molecule is CC(=O)COCCOCCNC(=O)COP(=O)(O)COCC[N+](C)(C)C. The number of nitrogens with one attached hydrogen (secondary N) is 1. The summed E-state index contributed by atoms with van der Waals surface area (Å²) in [4.78, 5) is 31.7. The molecule has 2 N–H and O–H groups in total. The lowest BCUT2D eigenvalue weighted by Gasteiger charge is -2.23. The Morgan fingerprint density at radius 3 is 2.27 bits per heavy atom. The first kappa shape index (κ1) is 25.1. The van der Waals surface area contributed by atoms with E-state index < -0.39 is 26.5 Å². The van der Waals surface area contributed by atoms with Gasteiger partial charge < -0.3 is 28.9 Å². The Hall–Kier alpha value is -0.870. The lowest BCUT2D eigenvalue weighted by Crippen LogP contribution is -2.37. The van der Waals surface area contributed by atoms with Gasteiger partial charge in [0.15, 0.2) is 5.78 Å². The Kier molecular flexibility index (Phi) is 12.9. The molecule has 0 aromatic rings. The number of amides is 1. The number of hydrogen-bond donors (Lipinski definition) is 2. The molecule has 26 heavy (non-hydrogen) atoms. The van der Waals surface area contributed by atoms with Gasteiger partial charge in [0.1, 0.15) is 26.1 Å². The van der Waals surface area contributed by atoms with Crippen LogP contribution in [-0.2, 0) is 32.9 Å². The van der Waals surface area contributed by atoms with E-state index >= 15 is 0 Å². The van der Waals surface area contributed by atoms with Gasteiger partial charge in [-0.1, -0.05) is 0 Å². The van der Waals surface area contributed by atoms with Crippen molar-refractivity contribution in [2.75, 3.05) is 80.2 Å². The number of carbonyl (C=O) groups excluding carboxylic acids is 2. The van der Waals surface area contributed by atoms with Gasteiger partial charge in [-0.05, 0) is 6.92 Å². The van der Waals surface area contributed by atoms with E-state index in [1.165, 1.54) is 6.92 Å². The molecule has 1 atom stereocenters. The molecule has 0 aromatic heterocycles. The normalized spacial score (nSPS) is 14.0. The number of ketones is 1. The number of rotatable bonds is 16. The van der Waals surface area contributed by atoms with Crippen molar-refractivity contribution in [3.63, 3.8) is 0 Å². The Bertz CT molecular complexity index is 467. The second kappa shape index (κ2) is 13.3. The average Bonchev–Trinajstić information content (AvgIpc) is 2.51. The van der Waals surface area contributed by atoms with Crippen LogP contribution in [0.25, 0.3) is 0 Å². The van der Waals surface area contributed by atoms with Crippen molar-refractivity contribution in [2.45, 2.75) is 6.92 Å². The van der Waals surface area contributed by atoms with Gasteiger partial charge in [-0.25, -0.2) is 0 Å². The third kappa shape index (κ3) is 17.9. The summed E-state index contributed by atoms with van der Waals surface area (Å²) in [6.45, 7) is 3.02. The molecule has 0 heterocycles. The maximum atomic E-state index is 11.7. The molecule has 0 spiro atoms. The molecule has 10 nitrogen and oxygen atoms in total. The zero-order chi connectivity index (χ0) is 20.1. The highest BCUT2D eigenvalue weighted by atomic mass is 31.2. The second-order valence-electron chi connectivity index (χ2n) is 6.68. The Balaban J connectivity index is 3.64. The van der Waals surface area contributed by atoms with Gasteiger partial charge in [0.25, 0.3) is 0 Å². The van der Waals surface area contributed by atoms with Crippen LogP contribution in [0.2, 0.25) is 0 Å². The fraction of sp³-hybridized carbons (Fsp3) is 0.867. The predicted molar refractivity (Wildman–Crippen MR) is 94.8 cm³/mol. The fourth-order valence-corrected chi connectivity index (χ4v) is 2.22. The molecule has 0 fully saturated rings. The van der Waals surface area contributed by atoms with Gasteiger partial charge in [-0.15, -0.1) is 0 Å². The largest absolute Gasteiger partial charge is 0.377 e. The first-order valence-corrected chi connectivity index (χ1v) is 10.0. The summed E-state index contributed by atoms with van der Waals surface area (Å²) in [5, 5.41) is 2.49. The van der Waals surface area contributed by atoms with Crippen LogP contribution in [0.15, 0.2) is 0 Å². The quantitative estimate of drug-likeness (QED) is 0.205. The van der Waals surface area contributed by atoms with Crippen molar-refractivity contribution < 1.29 is 42.3 Å².